The van der Waals surface area contributed by atoms with Crippen LogP contribution < -0.4 is 0 Å². The van der Waals surface area contributed by atoms with Crippen LogP contribution in [0.2, 0.25) is 10.0 Å². The molecule has 0 bridgehead atoms. The smallest absolute Gasteiger partial charge is 0.210 e. The standard InChI is InChI=1S/C13H16Cl2N4S/c1-9(10-5-6-11(14)12(15)7-10)17-18-13(20-4)16-8-19(2)3/h5-8H,1-4H3/b16-8+,17-9+,18-13+. The minimum absolute atomic E-state index is 0.499. The van der Waals surface area contributed by atoms with E-state index in [1.54, 1.807) is 18.5 Å². The molecule has 108 valence electrons. The Hall–Kier alpha value is -1.04. The maximum absolute atomic E-state index is 5.98. The normalized spacial score (nSPS) is 13.1. The fourth-order valence-corrected chi connectivity index (χ4v) is 1.75. The van der Waals surface area contributed by atoms with E-state index in [0.717, 1.165) is 11.3 Å². The third-order valence-electron chi connectivity index (χ3n) is 2.20. The predicted molar refractivity (Wildman–Crippen MR) is 91.8 cm³/mol. The highest BCUT2D eigenvalue weighted by molar-refractivity contribution is 8.13. The Balaban J connectivity index is 2.94. The molecule has 0 amide bonds. The number of hydrogen-bond acceptors (Lipinski definition) is 3. The van der Waals surface area contributed by atoms with Crippen molar-refractivity contribution in [1.29, 1.82) is 0 Å². The van der Waals surface area contributed by atoms with Gasteiger partial charge < -0.3 is 4.90 Å². The molecule has 0 saturated carbocycles. The Bertz CT molecular complexity index is 553. The second-order valence-corrected chi connectivity index (χ2v) is 5.70. The van der Waals surface area contributed by atoms with Gasteiger partial charge in [0.2, 0.25) is 5.17 Å². The maximum atomic E-state index is 5.98. The average Bonchev–Trinajstić information content (AvgIpc) is 2.41. The first-order chi connectivity index (χ1) is 9.43. The van der Waals surface area contributed by atoms with Gasteiger partial charge in [0.1, 0.15) is 0 Å². The molecule has 0 N–H and O–H groups in total. The van der Waals surface area contributed by atoms with Crippen molar-refractivity contribution in [2.45, 2.75) is 6.92 Å². The molecule has 0 radical (unpaired) electrons. The lowest BCUT2D eigenvalue weighted by Gasteiger charge is -2.03. The fourth-order valence-electron chi connectivity index (χ4n) is 1.18. The lowest BCUT2D eigenvalue weighted by atomic mass is 10.1. The first kappa shape index (κ1) is 17.0. The molecular weight excluding hydrogens is 315 g/mol. The van der Waals surface area contributed by atoms with Gasteiger partial charge in [-0.15, -0.1) is 5.10 Å². The summed E-state index contributed by atoms with van der Waals surface area (Å²) >= 11 is 13.3. The van der Waals surface area contributed by atoms with Crippen LogP contribution in [0.3, 0.4) is 0 Å². The second-order valence-electron chi connectivity index (χ2n) is 4.11. The largest absolute Gasteiger partial charge is 0.369 e. The quantitative estimate of drug-likeness (QED) is 0.477. The summed E-state index contributed by atoms with van der Waals surface area (Å²) in [5.74, 6) is 0. The topological polar surface area (TPSA) is 40.3 Å². The molecule has 0 unspecified atom stereocenters. The van der Waals surface area contributed by atoms with Crippen LogP contribution in [0.25, 0.3) is 0 Å². The molecule has 0 aliphatic heterocycles. The molecule has 1 aromatic rings. The summed E-state index contributed by atoms with van der Waals surface area (Å²) < 4.78 is 0. The molecular formula is C13H16Cl2N4S. The van der Waals surface area contributed by atoms with Gasteiger partial charge in [-0.25, -0.2) is 4.99 Å². The summed E-state index contributed by atoms with van der Waals surface area (Å²) in [5, 5.41) is 9.87. The van der Waals surface area contributed by atoms with E-state index < -0.39 is 0 Å². The van der Waals surface area contributed by atoms with Gasteiger partial charge in [0, 0.05) is 14.1 Å². The highest BCUT2D eigenvalue weighted by Gasteiger charge is 2.02. The van der Waals surface area contributed by atoms with Crippen molar-refractivity contribution in [2.24, 2.45) is 15.2 Å². The third kappa shape index (κ3) is 5.53. The zero-order chi connectivity index (χ0) is 15.1. The number of aliphatic imine (C=N–C) groups is 1. The monoisotopic (exact) mass is 330 g/mol. The molecule has 0 spiro atoms. The average molecular weight is 331 g/mol. The summed E-state index contributed by atoms with van der Waals surface area (Å²) in [4.78, 5) is 6.03. The highest BCUT2D eigenvalue weighted by atomic mass is 35.5. The summed E-state index contributed by atoms with van der Waals surface area (Å²) in [6, 6.07) is 5.35. The van der Waals surface area contributed by atoms with Gasteiger partial charge in [-0.3, -0.25) is 0 Å². The van der Waals surface area contributed by atoms with E-state index >= 15 is 0 Å². The van der Waals surface area contributed by atoms with Gasteiger partial charge in [0.05, 0.1) is 22.1 Å². The molecule has 0 fully saturated rings. The van der Waals surface area contributed by atoms with Gasteiger partial charge >= 0.3 is 0 Å². The number of thioether (sulfide) groups is 1. The first-order valence-corrected chi connectivity index (χ1v) is 7.74. The van der Waals surface area contributed by atoms with Crippen molar-refractivity contribution >= 4 is 52.2 Å². The van der Waals surface area contributed by atoms with Crippen molar-refractivity contribution in [3.63, 3.8) is 0 Å². The van der Waals surface area contributed by atoms with E-state index in [0.29, 0.717) is 15.2 Å². The van der Waals surface area contributed by atoms with Crippen molar-refractivity contribution in [3.05, 3.63) is 33.8 Å². The van der Waals surface area contributed by atoms with Gasteiger partial charge in [-0.05, 0) is 30.9 Å². The van der Waals surface area contributed by atoms with Gasteiger partial charge in [-0.2, -0.15) is 5.10 Å². The molecule has 1 rings (SSSR count). The Labute approximate surface area is 133 Å². The van der Waals surface area contributed by atoms with Crippen LogP contribution in [0.1, 0.15) is 12.5 Å². The molecule has 0 aliphatic rings. The maximum Gasteiger partial charge on any atom is 0.210 e. The number of hydrogen-bond donors (Lipinski definition) is 0. The molecule has 1 aromatic carbocycles. The van der Waals surface area contributed by atoms with E-state index in [1.165, 1.54) is 11.8 Å². The molecule has 0 aromatic heterocycles. The summed E-state index contributed by atoms with van der Waals surface area (Å²) in [5.41, 5.74) is 1.62. The molecule has 0 aliphatic carbocycles. The van der Waals surface area contributed by atoms with E-state index in [-0.39, 0.29) is 0 Å². The van der Waals surface area contributed by atoms with Crippen molar-refractivity contribution in [3.8, 4) is 0 Å². The van der Waals surface area contributed by atoms with Gasteiger partial charge in [0.15, 0.2) is 0 Å². The highest BCUT2D eigenvalue weighted by Crippen LogP contribution is 2.22. The molecule has 20 heavy (non-hydrogen) atoms. The van der Waals surface area contributed by atoms with Crippen LogP contribution in [-0.4, -0.2) is 42.5 Å². The predicted octanol–water partition coefficient (Wildman–Crippen LogP) is 4.03. The van der Waals surface area contributed by atoms with Crippen LogP contribution >= 0.6 is 35.0 Å². The number of benzene rings is 1. The minimum Gasteiger partial charge on any atom is -0.369 e. The van der Waals surface area contributed by atoms with E-state index in [9.17, 15) is 0 Å². The second kappa shape index (κ2) is 8.29. The molecule has 4 nitrogen and oxygen atoms in total. The number of halogens is 2. The van der Waals surface area contributed by atoms with Crippen LogP contribution in [0.4, 0.5) is 0 Å². The molecule has 0 atom stereocenters. The summed E-state index contributed by atoms with van der Waals surface area (Å²) in [6.45, 7) is 1.86. The Morgan fingerprint density at radius 2 is 1.90 bits per heavy atom. The van der Waals surface area contributed by atoms with Crippen LogP contribution in [0, 0.1) is 0 Å². The Morgan fingerprint density at radius 3 is 2.45 bits per heavy atom. The minimum atomic E-state index is 0.499. The zero-order valence-electron chi connectivity index (χ0n) is 11.8. The van der Waals surface area contributed by atoms with Crippen molar-refractivity contribution in [1.82, 2.24) is 4.90 Å². The van der Waals surface area contributed by atoms with Crippen molar-refractivity contribution < 1.29 is 0 Å². The summed E-state index contributed by atoms with van der Waals surface area (Å²) in [6.07, 6.45) is 3.58. The van der Waals surface area contributed by atoms with E-state index in [1.807, 2.05) is 38.2 Å². The fraction of sp³-hybridized carbons (Fsp3) is 0.308. The van der Waals surface area contributed by atoms with E-state index in [2.05, 4.69) is 15.2 Å². The van der Waals surface area contributed by atoms with Crippen molar-refractivity contribution in [2.75, 3.05) is 20.4 Å². The molecule has 7 heteroatoms. The SMILES string of the molecule is CSC(/N=C/N(C)C)=N/N=C(\C)c1ccc(Cl)c(Cl)c1. The Kier molecular flexibility index (Phi) is 7.05. The lowest BCUT2D eigenvalue weighted by Crippen LogP contribution is -2.08. The summed E-state index contributed by atoms with van der Waals surface area (Å²) in [7, 11) is 3.79. The molecule has 0 saturated heterocycles. The number of rotatable bonds is 3. The van der Waals surface area contributed by atoms with Crippen LogP contribution in [0.15, 0.2) is 33.4 Å². The number of amidine groups is 1. The third-order valence-corrected chi connectivity index (χ3v) is 3.50. The molecule has 0 heterocycles. The van der Waals surface area contributed by atoms with Crippen LogP contribution in [-0.2, 0) is 0 Å². The number of nitrogens with zero attached hydrogens (tertiary/aromatic N) is 4. The first-order valence-electron chi connectivity index (χ1n) is 5.76. The van der Waals surface area contributed by atoms with E-state index in [4.69, 9.17) is 23.2 Å². The zero-order valence-corrected chi connectivity index (χ0v) is 14.1. The lowest BCUT2D eigenvalue weighted by molar-refractivity contribution is 0.644. The van der Waals surface area contributed by atoms with Gasteiger partial charge in [0.25, 0.3) is 0 Å². The Morgan fingerprint density at radius 1 is 1.20 bits per heavy atom. The van der Waals surface area contributed by atoms with Gasteiger partial charge in [-0.1, -0.05) is 41.0 Å². The van der Waals surface area contributed by atoms with Crippen LogP contribution in [0.5, 0.6) is 0 Å².